The average Bonchev–Trinajstić information content (AvgIpc) is 2.91. The van der Waals surface area contributed by atoms with Gasteiger partial charge in [-0.05, 0) is 31.0 Å². The highest BCUT2D eigenvalue weighted by molar-refractivity contribution is 5.83. The zero-order chi connectivity index (χ0) is 14.7. The Kier molecular flexibility index (Phi) is 4.07. The van der Waals surface area contributed by atoms with E-state index < -0.39 is 0 Å². The molecule has 1 aromatic heterocycles. The van der Waals surface area contributed by atoms with Crippen LogP contribution in [0.3, 0.4) is 0 Å². The molecule has 0 amide bonds. The fraction of sp³-hybridized carbons (Fsp3) is 0.263. The SMILES string of the molecule is CCn1cc(CN[C@H](C)c2ccccc2)c2ccccc21. The summed E-state index contributed by atoms with van der Waals surface area (Å²) in [5, 5.41) is 4.99. The highest BCUT2D eigenvalue weighted by Crippen LogP contribution is 2.22. The van der Waals surface area contributed by atoms with Crippen LogP contribution in [0.15, 0.2) is 60.8 Å². The van der Waals surface area contributed by atoms with Crippen LogP contribution in [0.4, 0.5) is 0 Å². The molecule has 0 aliphatic carbocycles. The molecule has 2 heteroatoms. The zero-order valence-corrected chi connectivity index (χ0v) is 12.7. The van der Waals surface area contributed by atoms with E-state index in [1.807, 2.05) is 0 Å². The molecule has 0 saturated carbocycles. The third-order valence-corrected chi connectivity index (χ3v) is 4.11. The van der Waals surface area contributed by atoms with Gasteiger partial charge >= 0.3 is 0 Å². The summed E-state index contributed by atoms with van der Waals surface area (Å²) >= 11 is 0. The van der Waals surface area contributed by atoms with Crippen molar-refractivity contribution in [2.24, 2.45) is 0 Å². The van der Waals surface area contributed by atoms with Crippen molar-refractivity contribution < 1.29 is 0 Å². The number of hydrogen-bond donors (Lipinski definition) is 1. The minimum Gasteiger partial charge on any atom is -0.347 e. The Labute approximate surface area is 126 Å². The second-order valence-corrected chi connectivity index (χ2v) is 5.47. The van der Waals surface area contributed by atoms with Gasteiger partial charge in [0.15, 0.2) is 0 Å². The first-order valence-electron chi connectivity index (χ1n) is 7.64. The van der Waals surface area contributed by atoms with Gasteiger partial charge in [0.05, 0.1) is 0 Å². The van der Waals surface area contributed by atoms with E-state index in [2.05, 4.69) is 84.5 Å². The number of para-hydroxylation sites is 1. The number of benzene rings is 2. The Hall–Kier alpha value is -2.06. The van der Waals surface area contributed by atoms with E-state index in [0.717, 1.165) is 13.1 Å². The van der Waals surface area contributed by atoms with Gasteiger partial charge in [-0.3, -0.25) is 0 Å². The summed E-state index contributed by atoms with van der Waals surface area (Å²) in [5.74, 6) is 0. The molecule has 1 heterocycles. The van der Waals surface area contributed by atoms with E-state index in [0.29, 0.717) is 6.04 Å². The van der Waals surface area contributed by atoms with Crippen LogP contribution < -0.4 is 5.32 Å². The normalized spacial score (nSPS) is 12.7. The molecule has 1 N–H and O–H groups in total. The summed E-state index contributed by atoms with van der Waals surface area (Å²) < 4.78 is 2.32. The van der Waals surface area contributed by atoms with Gasteiger partial charge in [-0.25, -0.2) is 0 Å². The van der Waals surface area contributed by atoms with Crippen LogP contribution in [0.2, 0.25) is 0 Å². The number of hydrogen-bond acceptors (Lipinski definition) is 1. The van der Waals surface area contributed by atoms with Crippen molar-refractivity contribution in [2.45, 2.75) is 33.0 Å². The summed E-state index contributed by atoms with van der Waals surface area (Å²) in [6.07, 6.45) is 2.27. The van der Waals surface area contributed by atoms with Gasteiger partial charge in [-0.15, -0.1) is 0 Å². The largest absolute Gasteiger partial charge is 0.347 e. The van der Waals surface area contributed by atoms with Crippen LogP contribution >= 0.6 is 0 Å². The highest BCUT2D eigenvalue weighted by Gasteiger charge is 2.09. The van der Waals surface area contributed by atoms with Crippen molar-refractivity contribution in [3.63, 3.8) is 0 Å². The number of aromatic nitrogens is 1. The number of nitrogens with one attached hydrogen (secondary N) is 1. The molecule has 0 aliphatic heterocycles. The number of rotatable bonds is 5. The van der Waals surface area contributed by atoms with Crippen LogP contribution in [0.5, 0.6) is 0 Å². The molecule has 1 atom stereocenters. The van der Waals surface area contributed by atoms with Crippen molar-refractivity contribution in [1.82, 2.24) is 9.88 Å². The van der Waals surface area contributed by atoms with E-state index in [-0.39, 0.29) is 0 Å². The molecular formula is C19H22N2. The lowest BCUT2D eigenvalue weighted by atomic mass is 10.1. The zero-order valence-electron chi connectivity index (χ0n) is 12.7. The second-order valence-electron chi connectivity index (χ2n) is 5.47. The Bertz CT molecular complexity index is 713. The van der Waals surface area contributed by atoms with Crippen molar-refractivity contribution >= 4 is 10.9 Å². The Morgan fingerprint density at radius 2 is 1.71 bits per heavy atom. The van der Waals surface area contributed by atoms with Gasteiger partial charge in [0.2, 0.25) is 0 Å². The lowest BCUT2D eigenvalue weighted by molar-refractivity contribution is 0.575. The Morgan fingerprint density at radius 3 is 2.48 bits per heavy atom. The number of nitrogens with zero attached hydrogens (tertiary/aromatic N) is 1. The maximum absolute atomic E-state index is 3.63. The lowest BCUT2D eigenvalue weighted by Crippen LogP contribution is -2.17. The molecule has 3 aromatic rings. The van der Waals surface area contributed by atoms with Gasteiger partial charge < -0.3 is 9.88 Å². The molecule has 0 spiro atoms. The van der Waals surface area contributed by atoms with Crippen LogP contribution in [0.1, 0.15) is 31.0 Å². The van der Waals surface area contributed by atoms with Crippen molar-refractivity contribution in [2.75, 3.05) is 0 Å². The van der Waals surface area contributed by atoms with Gasteiger partial charge in [-0.1, -0.05) is 48.5 Å². The van der Waals surface area contributed by atoms with Crippen LogP contribution in [0, 0.1) is 0 Å². The van der Waals surface area contributed by atoms with Gasteiger partial charge in [-0.2, -0.15) is 0 Å². The van der Waals surface area contributed by atoms with E-state index in [1.165, 1.54) is 22.0 Å². The van der Waals surface area contributed by atoms with Crippen LogP contribution in [-0.2, 0) is 13.1 Å². The molecule has 0 unspecified atom stereocenters. The Morgan fingerprint density at radius 1 is 1.00 bits per heavy atom. The molecule has 2 nitrogen and oxygen atoms in total. The molecule has 108 valence electrons. The van der Waals surface area contributed by atoms with Crippen molar-refractivity contribution in [1.29, 1.82) is 0 Å². The molecular weight excluding hydrogens is 256 g/mol. The first kappa shape index (κ1) is 13.9. The van der Waals surface area contributed by atoms with Crippen molar-refractivity contribution in [3.05, 3.63) is 71.9 Å². The van der Waals surface area contributed by atoms with Gasteiger partial charge in [0.1, 0.15) is 0 Å². The number of fused-ring (bicyclic) bond motifs is 1. The maximum Gasteiger partial charge on any atom is 0.0483 e. The maximum atomic E-state index is 3.63. The van der Waals surface area contributed by atoms with Gasteiger partial charge in [0, 0.05) is 36.2 Å². The standard InChI is InChI=1S/C19H22N2/c1-3-21-14-17(18-11-7-8-12-19(18)21)13-20-15(2)16-9-5-4-6-10-16/h4-12,14-15,20H,3,13H2,1-2H3/t15-/m1/s1. The molecule has 0 aliphatic rings. The van der Waals surface area contributed by atoms with E-state index >= 15 is 0 Å². The van der Waals surface area contributed by atoms with E-state index in [4.69, 9.17) is 0 Å². The Balaban J connectivity index is 1.79. The predicted octanol–water partition coefficient (Wildman–Crippen LogP) is 4.51. The molecule has 21 heavy (non-hydrogen) atoms. The van der Waals surface area contributed by atoms with Crippen LogP contribution in [0.25, 0.3) is 10.9 Å². The quantitative estimate of drug-likeness (QED) is 0.726. The first-order chi connectivity index (χ1) is 10.3. The third-order valence-electron chi connectivity index (χ3n) is 4.11. The average molecular weight is 278 g/mol. The monoisotopic (exact) mass is 278 g/mol. The highest BCUT2D eigenvalue weighted by atomic mass is 15.0. The predicted molar refractivity (Wildman–Crippen MR) is 89.3 cm³/mol. The summed E-state index contributed by atoms with van der Waals surface area (Å²) in [5.41, 5.74) is 4.02. The minimum atomic E-state index is 0.356. The van der Waals surface area contributed by atoms with E-state index in [1.54, 1.807) is 0 Å². The van der Waals surface area contributed by atoms with E-state index in [9.17, 15) is 0 Å². The summed E-state index contributed by atoms with van der Waals surface area (Å²) in [6, 6.07) is 19.6. The van der Waals surface area contributed by atoms with Crippen molar-refractivity contribution in [3.8, 4) is 0 Å². The lowest BCUT2D eigenvalue weighted by Gasteiger charge is -2.13. The van der Waals surface area contributed by atoms with Gasteiger partial charge in [0.25, 0.3) is 0 Å². The summed E-state index contributed by atoms with van der Waals surface area (Å²) in [4.78, 5) is 0. The minimum absolute atomic E-state index is 0.356. The molecule has 0 radical (unpaired) electrons. The molecule has 0 saturated heterocycles. The topological polar surface area (TPSA) is 17.0 Å². The molecule has 3 rings (SSSR count). The fourth-order valence-electron chi connectivity index (χ4n) is 2.85. The fourth-order valence-corrected chi connectivity index (χ4v) is 2.85. The summed E-state index contributed by atoms with van der Waals surface area (Å²) in [7, 11) is 0. The third kappa shape index (κ3) is 2.86. The summed E-state index contributed by atoms with van der Waals surface area (Å²) in [6.45, 7) is 6.31. The molecule has 0 bridgehead atoms. The number of aryl methyl sites for hydroxylation is 1. The van der Waals surface area contributed by atoms with Crippen LogP contribution in [-0.4, -0.2) is 4.57 Å². The molecule has 2 aromatic carbocycles. The second kappa shape index (κ2) is 6.15. The molecule has 0 fully saturated rings. The first-order valence-corrected chi connectivity index (χ1v) is 7.64. The smallest absolute Gasteiger partial charge is 0.0483 e.